The second-order valence-corrected chi connectivity index (χ2v) is 6.87. The standard InChI is InChI=1S/C23H28N2O4/c1-17(19-11-7-4-8-12-19)24-21(26)15-16-22(27)25-20(23(28)29-2)14-13-18-9-5-3-6-10-18/h3-12,17,20H,13-16H2,1-2H3,(H,24,26)(H,25,27)/t17-,20-/m1/s1. The molecule has 6 nitrogen and oxygen atoms in total. The van der Waals surface area contributed by atoms with E-state index < -0.39 is 12.0 Å². The van der Waals surface area contributed by atoms with Gasteiger partial charge in [0.15, 0.2) is 0 Å². The van der Waals surface area contributed by atoms with Crippen molar-refractivity contribution >= 4 is 17.8 Å². The Balaban J connectivity index is 1.79. The maximum atomic E-state index is 12.2. The number of hydrogen-bond acceptors (Lipinski definition) is 4. The minimum Gasteiger partial charge on any atom is -0.467 e. The lowest BCUT2D eigenvalue weighted by Gasteiger charge is -2.17. The van der Waals surface area contributed by atoms with Gasteiger partial charge in [0.05, 0.1) is 13.2 Å². The first-order valence-corrected chi connectivity index (χ1v) is 9.75. The molecule has 0 saturated heterocycles. The molecule has 29 heavy (non-hydrogen) atoms. The van der Waals surface area contributed by atoms with Crippen molar-refractivity contribution in [2.75, 3.05) is 7.11 Å². The monoisotopic (exact) mass is 396 g/mol. The van der Waals surface area contributed by atoms with Crippen LogP contribution in [0.3, 0.4) is 0 Å². The molecular formula is C23H28N2O4. The van der Waals surface area contributed by atoms with Crippen molar-refractivity contribution in [3.05, 3.63) is 71.8 Å². The number of rotatable bonds is 10. The van der Waals surface area contributed by atoms with Crippen LogP contribution < -0.4 is 10.6 Å². The fourth-order valence-corrected chi connectivity index (χ4v) is 2.98. The van der Waals surface area contributed by atoms with Crippen molar-refractivity contribution in [1.82, 2.24) is 10.6 Å². The molecule has 154 valence electrons. The van der Waals surface area contributed by atoms with Crippen molar-refractivity contribution in [2.24, 2.45) is 0 Å². The molecule has 2 aromatic carbocycles. The number of nitrogens with one attached hydrogen (secondary N) is 2. The van der Waals surface area contributed by atoms with Gasteiger partial charge >= 0.3 is 5.97 Å². The highest BCUT2D eigenvalue weighted by Crippen LogP contribution is 2.11. The number of amides is 2. The number of aryl methyl sites for hydroxylation is 1. The van der Waals surface area contributed by atoms with Crippen LogP contribution in [0.5, 0.6) is 0 Å². The molecule has 0 radical (unpaired) electrons. The number of benzene rings is 2. The molecule has 2 aromatic rings. The lowest BCUT2D eigenvalue weighted by Crippen LogP contribution is -2.42. The lowest BCUT2D eigenvalue weighted by atomic mass is 10.0. The summed E-state index contributed by atoms with van der Waals surface area (Å²) in [5.41, 5.74) is 2.07. The average Bonchev–Trinajstić information content (AvgIpc) is 2.76. The largest absolute Gasteiger partial charge is 0.467 e. The first-order valence-electron chi connectivity index (χ1n) is 9.75. The van der Waals surface area contributed by atoms with E-state index in [2.05, 4.69) is 10.6 Å². The highest BCUT2D eigenvalue weighted by molar-refractivity contribution is 5.87. The molecule has 0 aliphatic carbocycles. The third kappa shape index (κ3) is 7.78. The molecule has 2 atom stereocenters. The summed E-state index contributed by atoms with van der Waals surface area (Å²) in [5.74, 6) is -1.05. The van der Waals surface area contributed by atoms with E-state index in [1.165, 1.54) is 7.11 Å². The molecule has 0 bridgehead atoms. The summed E-state index contributed by atoms with van der Waals surface area (Å²) >= 11 is 0. The van der Waals surface area contributed by atoms with Crippen molar-refractivity contribution in [1.29, 1.82) is 0 Å². The minimum absolute atomic E-state index is 0.00613. The molecule has 0 aromatic heterocycles. The van der Waals surface area contributed by atoms with Crippen LogP contribution in [-0.4, -0.2) is 30.9 Å². The van der Waals surface area contributed by atoms with E-state index in [9.17, 15) is 14.4 Å². The van der Waals surface area contributed by atoms with E-state index in [0.29, 0.717) is 12.8 Å². The molecule has 0 aliphatic heterocycles. The summed E-state index contributed by atoms with van der Waals surface area (Å²) in [7, 11) is 1.29. The zero-order valence-electron chi connectivity index (χ0n) is 16.9. The summed E-state index contributed by atoms with van der Waals surface area (Å²) < 4.78 is 4.80. The Bertz CT molecular complexity index is 793. The SMILES string of the molecule is COC(=O)[C@@H](CCc1ccccc1)NC(=O)CCC(=O)N[C@H](C)c1ccccc1. The van der Waals surface area contributed by atoms with Crippen LogP contribution in [0.4, 0.5) is 0 Å². The Morgan fingerprint density at radius 2 is 1.41 bits per heavy atom. The Kier molecular flexibility index (Phi) is 8.89. The predicted octanol–water partition coefficient (Wildman–Crippen LogP) is 2.93. The number of carbonyl (C=O) groups is 3. The summed E-state index contributed by atoms with van der Waals surface area (Å²) in [6, 6.07) is 18.4. The van der Waals surface area contributed by atoms with Crippen LogP contribution in [0, 0.1) is 0 Å². The second-order valence-electron chi connectivity index (χ2n) is 6.87. The Morgan fingerprint density at radius 1 is 0.862 bits per heavy atom. The highest BCUT2D eigenvalue weighted by atomic mass is 16.5. The van der Waals surface area contributed by atoms with E-state index in [0.717, 1.165) is 11.1 Å². The van der Waals surface area contributed by atoms with Crippen LogP contribution in [0.1, 0.15) is 43.4 Å². The molecule has 0 aliphatic rings. The summed E-state index contributed by atoms with van der Waals surface area (Å²) in [4.78, 5) is 36.4. The number of ether oxygens (including phenoxy) is 1. The molecule has 6 heteroatoms. The Morgan fingerprint density at radius 3 is 2.00 bits per heavy atom. The molecule has 0 saturated carbocycles. The molecule has 0 unspecified atom stereocenters. The number of methoxy groups -OCH3 is 1. The van der Waals surface area contributed by atoms with Gasteiger partial charge in [-0.05, 0) is 30.9 Å². The molecule has 2 rings (SSSR count). The van der Waals surface area contributed by atoms with Crippen LogP contribution in [0.15, 0.2) is 60.7 Å². The molecule has 2 N–H and O–H groups in total. The van der Waals surface area contributed by atoms with Gasteiger partial charge in [0, 0.05) is 12.8 Å². The Labute approximate surface area is 171 Å². The Hall–Kier alpha value is -3.15. The molecule has 0 spiro atoms. The van der Waals surface area contributed by atoms with Gasteiger partial charge in [-0.15, -0.1) is 0 Å². The third-order valence-corrected chi connectivity index (χ3v) is 4.64. The van der Waals surface area contributed by atoms with Crippen molar-refractivity contribution < 1.29 is 19.1 Å². The minimum atomic E-state index is -0.737. The van der Waals surface area contributed by atoms with Gasteiger partial charge in [-0.25, -0.2) is 4.79 Å². The topological polar surface area (TPSA) is 84.5 Å². The van der Waals surface area contributed by atoms with Gasteiger partial charge in [-0.1, -0.05) is 60.7 Å². The van der Waals surface area contributed by atoms with E-state index >= 15 is 0 Å². The maximum Gasteiger partial charge on any atom is 0.328 e. The third-order valence-electron chi connectivity index (χ3n) is 4.64. The smallest absolute Gasteiger partial charge is 0.328 e. The van der Waals surface area contributed by atoms with Gasteiger partial charge in [0.1, 0.15) is 6.04 Å². The van der Waals surface area contributed by atoms with Gasteiger partial charge < -0.3 is 15.4 Å². The number of hydrogen-bond donors (Lipinski definition) is 2. The quantitative estimate of drug-likeness (QED) is 0.605. The van der Waals surface area contributed by atoms with E-state index in [1.54, 1.807) is 0 Å². The van der Waals surface area contributed by atoms with Crippen LogP contribution in [-0.2, 0) is 25.5 Å². The van der Waals surface area contributed by atoms with Crippen molar-refractivity contribution in [2.45, 2.75) is 44.7 Å². The fourth-order valence-electron chi connectivity index (χ4n) is 2.98. The predicted molar refractivity (Wildman–Crippen MR) is 111 cm³/mol. The van der Waals surface area contributed by atoms with Gasteiger partial charge in [0.2, 0.25) is 11.8 Å². The van der Waals surface area contributed by atoms with Gasteiger partial charge in [0.25, 0.3) is 0 Å². The number of carbonyl (C=O) groups excluding carboxylic acids is 3. The normalized spacial score (nSPS) is 12.5. The summed E-state index contributed by atoms with van der Waals surface area (Å²) in [6.45, 7) is 1.89. The van der Waals surface area contributed by atoms with E-state index in [1.807, 2.05) is 67.6 Å². The zero-order valence-corrected chi connectivity index (χ0v) is 16.9. The van der Waals surface area contributed by atoms with E-state index in [4.69, 9.17) is 4.74 Å². The maximum absolute atomic E-state index is 12.2. The first-order chi connectivity index (χ1) is 14.0. The summed E-state index contributed by atoms with van der Waals surface area (Å²) in [5, 5.41) is 5.56. The van der Waals surface area contributed by atoms with Crippen LogP contribution in [0.25, 0.3) is 0 Å². The van der Waals surface area contributed by atoms with Gasteiger partial charge in [-0.2, -0.15) is 0 Å². The van der Waals surface area contributed by atoms with Crippen molar-refractivity contribution in [3.63, 3.8) is 0 Å². The second kappa shape index (κ2) is 11.6. The molecule has 0 fully saturated rings. The molecule has 0 heterocycles. The zero-order chi connectivity index (χ0) is 21.1. The average molecular weight is 396 g/mol. The van der Waals surface area contributed by atoms with Crippen LogP contribution in [0.2, 0.25) is 0 Å². The van der Waals surface area contributed by atoms with Gasteiger partial charge in [-0.3, -0.25) is 9.59 Å². The summed E-state index contributed by atoms with van der Waals surface area (Å²) in [6.07, 6.45) is 1.12. The highest BCUT2D eigenvalue weighted by Gasteiger charge is 2.21. The number of esters is 1. The molecular weight excluding hydrogens is 368 g/mol. The lowest BCUT2D eigenvalue weighted by molar-refractivity contribution is -0.145. The molecule has 2 amide bonds. The van der Waals surface area contributed by atoms with E-state index in [-0.39, 0.29) is 30.7 Å². The fraction of sp³-hybridized carbons (Fsp3) is 0.348. The van der Waals surface area contributed by atoms with Crippen molar-refractivity contribution in [3.8, 4) is 0 Å². The van der Waals surface area contributed by atoms with Crippen LogP contribution >= 0.6 is 0 Å². The first kappa shape index (κ1) is 22.1.